The van der Waals surface area contributed by atoms with Gasteiger partial charge in [-0.3, -0.25) is 4.98 Å². The predicted octanol–water partition coefficient (Wildman–Crippen LogP) is 2.99. The van der Waals surface area contributed by atoms with E-state index in [-0.39, 0.29) is 5.28 Å². The number of rotatable bonds is 4. The fraction of sp³-hybridized carbons (Fsp3) is 0.389. The first-order valence-corrected chi connectivity index (χ1v) is 9.70. The Kier molecular flexibility index (Phi) is 4.79. The number of thiophene rings is 1. The summed E-state index contributed by atoms with van der Waals surface area (Å²) in [5.41, 5.74) is 7.95. The third-order valence-corrected chi connectivity index (χ3v) is 5.84. The summed E-state index contributed by atoms with van der Waals surface area (Å²) in [4.78, 5) is 16.4. The number of ether oxygens (including phenoxy) is 1. The molecule has 3 aromatic rings. The minimum atomic E-state index is -0.508. The van der Waals surface area contributed by atoms with Crippen LogP contribution in [-0.4, -0.2) is 41.3 Å². The Hall–Kier alpha value is -1.80. The summed E-state index contributed by atoms with van der Waals surface area (Å²) < 4.78 is 6.50. The van der Waals surface area contributed by atoms with Gasteiger partial charge in [-0.2, -0.15) is 4.98 Å². The van der Waals surface area contributed by atoms with Gasteiger partial charge in [0.25, 0.3) is 0 Å². The molecule has 3 aromatic heterocycles. The number of halogens is 1. The van der Waals surface area contributed by atoms with E-state index in [1.165, 1.54) is 0 Å². The van der Waals surface area contributed by atoms with Crippen molar-refractivity contribution in [3.05, 3.63) is 46.3 Å². The number of anilines is 1. The molecule has 6 nitrogen and oxygen atoms in total. The molecule has 1 fully saturated rings. The molecule has 26 heavy (non-hydrogen) atoms. The van der Waals surface area contributed by atoms with Crippen molar-refractivity contribution in [1.29, 1.82) is 0 Å². The molecule has 2 N–H and O–H groups in total. The molecule has 0 aliphatic carbocycles. The molecule has 0 radical (unpaired) electrons. The van der Waals surface area contributed by atoms with Crippen molar-refractivity contribution in [1.82, 2.24) is 15.0 Å². The van der Waals surface area contributed by atoms with Crippen molar-refractivity contribution in [2.24, 2.45) is 5.73 Å². The summed E-state index contributed by atoms with van der Waals surface area (Å²) in [5, 5.41) is 0.270. The summed E-state index contributed by atoms with van der Waals surface area (Å²) >= 11 is 7.85. The lowest BCUT2D eigenvalue weighted by atomic mass is 9.90. The Labute approximate surface area is 161 Å². The summed E-state index contributed by atoms with van der Waals surface area (Å²) in [6.07, 6.45) is 4.27. The Morgan fingerprint density at radius 1 is 1.35 bits per heavy atom. The zero-order chi connectivity index (χ0) is 18.1. The molecule has 0 aromatic carbocycles. The van der Waals surface area contributed by atoms with Gasteiger partial charge in [-0.05, 0) is 36.2 Å². The fourth-order valence-corrected chi connectivity index (χ4v) is 4.63. The van der Waals surface area contributed by atoms with Crippen LogP contribution in [0.1, 0.15) is 17.4 Å². The van der Waals surface area contributed by atoms with E-state index in [2.05, 4.69) is 25.9 Å². The van der Waals surface area contributed by atoms with E-state index in [0.29, 0.717) is 19.6 Å². The van der Waals surface area contributed by atoms with E-state index in [9.17, 15) is 0 Å². The van der Waals surface area contributed by atoms with Gasteiger partial charge in [-0.15, -0.1) is 11.3 Å². The zero-order valence-corrected chi connectivity index (χ0v) is 16.1. The average molecular weight is 390 g/mol. The molecule has 0 spiro atoms. The summed E-state index contributed by atoms with van der Waals surface area (Å²) in [6.45, 7) is 5.03. The van der Waals surface area contributed by atoms with Gasteiger partial charge in [0.2, 0.25) is 5.28 Å². The van der Waals surface area contributed by atoms with Crippen LogP contribution in [0.4, 0.5) is 5.82 Å². The quantitative estimate of drug-likeness (QED) is 0.691. The number of hydrogen-bond acceptors (Lipinski definition) is 7. The molecular formula is C18H20ClN5OS. The molecule has 1 aliphatic rings. The number of hydrogen-bond donors (Lipinski definition) is 1. The van der Waals surface area contributed by atoms with Gasteiger partial charge < -0.3 is 15.4 Å². The molecule has 0 amide bonds. The minimum absolute atomic E-state index is 0.270. The Balaban J connectivity index is 1.69. The van der Waals surface area contributed by atoms with Gasteiger partial charge in [0.05, 0.1) is 23.4 Å². The maximum Gasteiger partial charge on any atom is 0.224 e. The first-order chi connectivity index (χ1) is 12.5. The van der Waals surface area contributed by atoms with Crippen molar-refractivity contribution < 1.29 is 4.74 Å². The molecule has 8 heteroatoms. The number of nitrogens with zero attached hydrogens (tertiary/aromatic N) is 4. The van der Waals surface area contributed by atoms with Crippen molar-refractivity contribution in [3.63, 3.8) is 0 Å². The lowest BCUT2D eigenvalue weighted by molar-refractivity contribution is 0.122. The third kappa shape index (κ3) is 3.53. The van der Waals surface area contributed by atoms with Crippen molar-refractivity contribution >= 4 is 39.0 Å². The van der Waals surface area contributed by atoms with Crippen LogP contribution in [0.2, 0.25) is 5.28 Å². The minimum Gasteiger partial charge on any atom is -0.378 e. The lowest BCUT2D eigenvalue weighted by Crippen LogP contribution is -2.36. The smallest absolute Gasteiger partial charge is 0.224 e. The SMILES string of the molecule is CC(N)(Cc1cc2nc(Cl)nc(N3CCOCC3)c2s1)c1cccnc1. The maximum absolute atomic E-state index is 6.58. The maximum atomic E-state index is 6.58. The molecule has 4 rings (SSSR count). The number of aromatic nitrogens is 3. The largest absolute Gasteiger partial charge is 0.378 e. The highest BCUT2D eigenvalue weighted by Crippen LogP contribution is 2.35. The van der Waals surface area contributed by atoms with Gasteiger partial charge in [0, 0.05) is 42.3 Å². The topological polar surface area (TPSA) is 77.2 Å². The second kappa shape index (κ2) is 7.08. The van der Waals surface area contributed by atoms with Crippen LogP contribution in [0.3, 0.4) is 0 Å². The molecule has 1 saturated heterocycles. The molecule has 1 atom stereocenters. The van der Waals surface area contributed by atoms with Crippen LogP contribution in [0.15, 0.2) is 30.6 Å². The van der Waals surface area contributed by atoms with E-state index < -0.39 is 5.54 Å². The normalized spacial score (nSPS) is 17.4. The Bertz CT molecular complexity index is 909. The van der Waals surface area contributed by atoms with Crippen molar-refractivity contribution in [3.8, 4) is 0 Å². The summed E-state index contributed by atoms with van der Waals surface area (Å²) in [6, 6.07) is 5.99. The second-order valence-electron chi connectivity index (χ2n) is 6.68. The molecular weight excluding hydrogens is 370 g/mol. The zero-order valence-electron chi connectivity index (χ0n) is 14.5. The third-order valence-electron chi connectivity index (χ3n) is 4.55. The average Bonchev–Trinajstić information content (AvgIpc) is 3.03. The Morgan fingerprint density at radius 2 is 2.15 bits per heavy atom. The summed E-state index contributed by atoms with van der Waals surface area (Å²) in [5.74, 6) is 0.889. The van der Waals surface area contributed by atoms with Crippen LogP contribution in [0.25, 0.3) is 10.2 Å². The monoisotopic (exact) mass is 389 g/mol. The fourth-order valence-electron chi connectivity index (χ4n) is 3.18. The van der Waals surface area contributed by atoms with E-state index in [1.807, 2.05) is 25.3 Å². The van der Waals surface area contributed by atoms with Gasteiger partial charge >= 0.3 is 0 Å². The van der Waals surface area contributed by atoms with E-state index >= 15 is 0 Å². The standard InChI is InChI=1S/C18H20ClN5OS/c1-18(20,12-3-2-4-21-11-12)10-13-9-14-15(26-13)16(23-17(19)22-14)24-5-7-25-8-6-24/h2-4,9,11H,5-8,10,20H2,1H3. The number of morpholine rings is 1. The molecule has 0 bridgehead atoms. The second-order valence-corrected chi connectivity index (χ2v) is 8.15. The van der Waals surface area contributed by atoms with Gasteiger partial charge in [0.15, 0.2) is 5.82 Å². The number of fused-ring (bicyclic) bond motifs is 1. The first kappa shape index (κ1) is 17.6. The van der Waals surface area contributed by atoms with E-state index in [1.54, 1.807) is 17.5 Å². The first-order valence-electron chi connectivity index (χ1n) is 8.51. The van der Waals surface area contributed by atoms with Crippen molar-refractivity contribution in [2.75, 3.05) is 31.2 Å². The molecule has 1 unspecified atom stereocenters. The van der Waals surface area contributed by atoms with Crippen molar-refractivity contribution in [2.45, 2.75) is 18.9 Å². The van der Waals surface area contributed by atoms with E-state index in [0.717, 1.165) is 39.6 Å². The van der Waals surface area contributed by atoms with E-state index in [4.69, 9.17) is 22.1 Å². The number of nitrogens with two attached hydrogens (primary N) is 1. The highest BCUT2D eigenvalue weighted by Gasteiger charge is 2.25. The molecule has 0 saturated carbocycles. The van der Waals surface area contributed by atoms with Gasteiger partial charge in [-0.1, -0.05) is 6.07 Å². The number of pyridine rings is 1. The van der Waals surface area contributed by atoms with Gasteiger partial charge in [-0.25, -0.2) is 4.98 Å². The molecule has 4 heterocycles. The summed E-state index contributed by atoms with van der Waals surface area (Å²) in [7, 11) is 0. The Morgan fingerprint density at radius 3 is 2.88 bits per heavy atom. The van der Waals surface area contributed by atoms with Crippen LogP contribution in [0, 0.1) is 0 Å². The molecule has 136 valence electrons. The molecule has 1 aliphatic heterocycles. The predicted molar refractivity (Wildman–Crippen MR) is 105 cm³/mol. The van der Waals surface area contributed by atoms with Crippen LogP contribution >= 0.6 is 22.9 Å². The van der Waals surface area contributed by atoms with Gasteiger partial charge in [0.1, 0.15) is 0 Å². The highest BCUT2D eigenvalue weighted by atomic mass is 35.5. The van der Waals surface area contributed by atoms with Crippen LogP contribution in [-0.2, 0) is 16.7 Å². The highest BCUT2D eigenvalue weighted by molar-refractivity contribution is 7.19. The van der Waals surface area contributed by atoms with Crippen LogP contribution in [0.5, 0.6) is 0 Å². The lowest BCUT2D eigenvalue weighted by Gasteiger charge is -2.28. The van der Waals surface area contributed by atoms with Crippen LogP contribution < -0.4 is 10.6 Å².